The van der Waals surface area contributed by atoms with Gasteiger partial charge in [0.05, 0.1) is 21.9 Å². The summed E-state index contributed by atoms with van der Waals surface area (Å²) in [4.78, 5) is 39.1. The second kappa shape index (κ2) is 7.47. The zero-order chi connectivity index (χ0) is 19.7. The number of thiophene rings is 1. The van der Waals surface area contributed by atoms with E-state index >= 15 is 0 Å². The molecule has 0 unspecified atom stereocenters. The highest BCUT2D eigenvalue weighted by Gasteiger charge is 2.27. The maximum Gasteiger partial charge on any atom is 0.324 e. The van der Waals surface area contributed by atoms with E-state index in [9.17, 15) is 19.7 Å². The van der Waals surface area contributed by atoms with Crippen LogP contribution < -0.4 is 0 Å². The van der Waals surface area contributed by atoms with Crippen molar-refractivity contribution in [3.63, 3.8) is 0 Å². The van der Waals surface area contributed by atoms with Crippen molar-refractivity contribution in [2.45, 2.75) is 20.3 Å². The molecule has 0 spiro atoms. The van der Waals surface area contributed by atoms with E-state index in [4.69, 9.17) is 0 Å². The Kier molecular flexibility index (Phi) is 5.26. The van der Waals surface area contributed by atoms with Gasteiger partial charge in [0.1, 0.15) is 0 Å². The summed E-state index contributed by atoms with van der Waals surface area (Å²) in [7, 11) is 1.86. The Morgan fingerprint density at radius 1 is 1.19 bits per heavy atom. The molecule has 0 aliphatic carbocycles. The highest BCUT2D eigenvalue weighted by Crippen LogP contribution is 2.25. The Hall–Kier alpha value is -2.75. The van der Waals surface area contributed by atoms with Crippen molar-refractivity contribution in [1.82, 2.24) is 19.6 Å². The number of amides is 2. The van der Waals surface area contributed by atoms with E-state index in [1.165, 1.54) is 12.1 Å². The van der Waals surface area contributed by atoms with Crippen molar-refractivity contribution in [1.29, 1.82) is 0 Å². The number of hydrogen-bond donors (Lipinski definition) is 0. The van der Waals surface area contributed by atoms with E-state index in [0.29, 0.717) is 37.5 Å². The van der Waals surface area contributed by atoms with Gasteiger partial charge < -0.3 is 9.80 Å². The Morgan fingerprint density at radius 2 is 1.81 bits per heavy atom. The summed E-state index contributed by atoms with van der Waals surface area (Å²) in [5, 5.41) is 15.1. The van der Waals surface area contributed by atoms with Crippen molar-refractivity contribution in [3.8, 4) is 0 Å². The first-order chi connectivity index (χ1) is 12.8. The highest BCUT2D eigenvalue weighted by atomic mass is 32.1. The first-order valence-electron chi connectivity index (χ1n) is 8.58. The second-order valence-electron chi connectivity index (χ2n) is 6.52. The van der Waals surface area contributed by atoms with Crippen LogP contribution in [0.15, 0.2) is 12.1 Å². The molecular weight excluding hydrogens is 370 g/mol. The van der Waals surface area contributed by atoms with Crippen LogP contribution in [-0.4, -0.2) is 62.5 Å². The van der Waals surface area contributed by atoms with E-state index in [0.717, 1.165) is 28.3 Å². The molecule has 0 radical (unpaired) electrons. The van der Waals surface area contributed by atoms with Crippen LogP contribution in [0.1, 0.15) is 26.6 Å². The van der Waals surface area contributed by atoms with Crippen molar-refractivity contribution in [2.75, 3.05) is 26.2 Å². The van der Waals surface area contributed by atoms with Gasteiger partial charge in [0.15, 0.2) is 0 Å². The minimum absolute atomic E-state index is 0.0214. The molecule has 1 saturated heterocycles. The van der Waals surface area contributed by atoms with Crippen LogP contribution in [0.5, 0.6) is 0 Å². The minimum atomic E-state index is -0.500. The molecule has 2 amide bonds. The van der Waals surface area contributed by atoms with Crippen molar-refractivity contribution in [3.05, 3.63) is 44.1 Å². The maximum atomic E-state index is 12.6. The summed E-state index contributed by atoms with van der Waals surface area (Å²) in [6.45, 7) is 5.58. The van der Waals surface area contributed by atoms with Crippen LogP contribution in [0.3, 0.4) is 0 Å². The molecule has 10 heteroatoms. The van der Waals surface area contributed by atoms with E-state index in [1.807, 2.05) is 20.9 Å². The number of aryl methyl sites for hydroxylation is 2. The van der Waals surface area contributed by atoms with Crippen LogP contribution in [0, 0.1) is 24.0 Å². The third kappa shape index (κ3) is 3.85. The third-order valence-electron chi connectivity index (χ3n) is 4.89. The summed E-state index contributed by atoms with van der Waals surface area (Å²) in [6.07, 6.45) is 0.302. The summed E-state index contributed by atoms with van der Waals surface area (Å²) in [5.74, 6) is -0.202. The van der Waals surface area contributed by atoms with Crippen LogP contribution >= 0.6 is 11.3 Å². The Morgan fingerprint density at radius 3 is 2.33 bits per heavy atom. The van der Waals surface area contributed by atoms with E-state index in [1.54, 1.807) is 14.5 Å². The summed E-state index contributed by atoms with van der Waals surface area (Å²) in [5.41, 5.74) is 2.79. The van der Waals surface area contributed by atoms with Crippen molar-refractivity contribution < 1.29 is 14.5 Å². The van der Waals surface area contributed by atoms with Crippen molar-refractivity contribution >= 4 is 28.2 Å². The zero-order valence-corrected chi connectivity index (χ0v) is 16.3. The SMILES string of the molecule is Cc1nn(C)c(C)c1CC(=O)N1CCN(C(=O)c2ccc([N+](=O)[O-])s2)CC1. The predicted octanol–water partition coefficient (Wildman–Crippen LogP) is 1.53. The predicted molar refractivity (Wildman–Crippen MR) is 99.8 cm³/mol. The van der Waals surface area contributed by atoms with Crippen LogP contribution in [-0.2, 0) is 18.3 Å². The number of nitrogens with zero attached hydrogens (tertiary/aromatic N) is 5. The third-order valence-corrected chi connectivity index (χ3v) is 5.91. The number of piperazine rings is 1. The summed E-state index contributed by atoms with van der Waals surface area (Å²) < 4.78 is 1.77. The van der Waals surface area contributed by atoms with Crippen molar-refractivity contribution in [2.24, 2.45) is 7.05 Å². The lowest BCUT2D eigenvalue weighted by Gasteiger charge is -2.34. The van der Waals surface area contributed by atoms with Crippen LogP contribution in [0.4, 0.5) is 5.00 Å². The van der Waals surface area contributed by atoms with Crippen LogP contribution in [0.25, 0.3) is 0 Å². The Balaban J connectivity index is 1.58. The molecule has 0 saturated carbocycles. The van der Waals surface area contributed by atoms with E-state index < -0.39 is 4.92 Å². The largest absolute Gasteiger partial charge is 0.339 e. The van der Waals surface area contributed by atoms with Gasteiger partial charge in [0, 0.05) is 50.6 Å². The molecule has 144 valence electrons. The molecule has 0 bridgehead atoms. The minimum Gasteiger partial charge on any atom is -0.339 e. The standard InChI is InChI=1S/C17H21N5O4S/c1-11-13(12(2)19(3)18-11)10-15(23)20-6-8-21(9-7-20)17(24)14-4-5-16(27-14)22(25)26/h4-5H,6-10H2,1-3H3. The van der Waals surface area contributed by atoms with E-state index in [2.05, 4.69) is 5.10 Å². The molecule has 0 aromatic carbocycles. The molecule has 3 rings (SSSR count). The number of nitro groups is 1. The maximum absolute atomic E-state index is 12.6. The summed E-state index contributed by atoms with van der Waals surface area (Å²) in [6, 6.07) is 2.83. The van der Waals surface area contributed by atoms with Gasteiger partial charge in [-0.2, -0.15) is 5.10 Å². The molecule has 2 aromatic rings. The normalized spacial score (nSPS) is 14.5. The average Bonchev–Trinajstić information content (AvgIpc) is 3.23. The molecule has 0 atom stereocenters. The van der Waals surface area contributed by atoms with Gasteiger partial charge in [0.25, 0.3) is 5.91 Å². The molecule has 9 nitrogen and oxygen atoms in total. The van der Waals surface area contributed by atoms with Gasteiger partial charge >= 0.3 is 5.00 Å². The first kappa shape index (κ1) is 19.0. The molecule has 1 aliphatic rings. The van der Waals surface area contributed by atoms with Gasteiger partial charge in [0.2, 0.25) is 5.91 Å². The summed E-state index contributed by atoms with van der Waals surface area (Å²) >= 11 is 0.877. The number of rotatable bonds is 4. The monoisotopic (exact) mass is 391 g/mol. The number of aromatic nitrogens is 2. The number of carbonyl (C=O) groups excluding carboxylic acids is 2. The zero-order valence-electron chi connectivity index (χ0n) is 15.5. The fraction of sp³-hybridized carbons (Fsp3) is 0.471. The van der Waals surface area contributed by atoms with E-state index in [-0.39, 0.29) is 16.8 Å². The lowest BCUT2D eigenvalue weighted by Crippen LogP contribution is -2.50. The number of carbonyl (C=O) groups is 2. The molecule has 2 aromatic heterocycles. The van der Waals surface area contributed by atoms with Gasteiger partial charge in [-0.05, 0) is 19.9 Å². The second-order valence-corrected chi connectivity index (χ2v) is 7.58. The molecule has 1 aliphatic heterocycles. The Bertz CT molecular complexity index is 895. The quantitative estimate of drug-likeness (QED) is 0.581. The van der Waals surface area contributed by atoms with Gasteiger partial charge in [-0.15, -0.1) is 0 Å². The molecule has 0 N–H and O–H groups in total. The molecular formula is C17H21N5O4S. The fourth-order valence-electron chi connectivity index (χ4n) is 3.19. The van der Waals surface area contributed by atoms with Crippen LogP contribution in [0.2, 0.25) is 0 Å². The molecule has 27 heavy (non-hydrogen) atoms. The average molecular weight is 391 g/mol. The van der Waals surface area contributed by atoms with Gasteiger partial charge in [-0.1, -0.05) is 11.3 Å². The lowest BCUT2D eigenvalue weighted by molar-refractivity contribution is -0.380. The van der Waals surface area contributed by atoms with Gasteiger partial charge in [-0.3, -0.25) is 24.4 Å². The Labute approximate surface area is 160 Å². The molecule has 1 fully saturated rings. The first-order valence-corrected chi connectivity index (χ1v) is 9.40. The lowest BCUT2D eigenvalue weighted by atomic mass is 10.1. The topological polar surface area (TPSA) is 102 Å². The smallest absolute Gasteiger partial charge is 0.324 e. The fourth-order valence-corrected chi connectivity index (χ4v) is 3.98. The highest BCUT2D eigenvalue weighted by molar-refractivity contribution is 7.17. The molecule has 3 heterocycles. The number of hydrogen-bond acceptors (Lipinski definition) is 6. The van der Waals surface area contributed by atoms with Gasteiger partial charge in [-0.25, -0.2) is 0 Å².